The van der Waals surface area contributed by atoms with Gasteiger partial charge in [-0.1, -0.05) is 48.5 Å². The third kappa shape index (κ3) is 4.21. The maximum absolute atomic E-state index is 14.0. The van der Waals surface area contributed by atoms with E-state index in [4.69, 9.17) is 9.47 Å². The molecule has 2 aliphatic rings. The van der Waals surface area contributed by atoms with Crippen LogP contribution in [0.5, 0.6) is 5.75 Å². The Balaban J connectivity index is 1.55. The van der Waals surface area contributed by atoms with E-state index in [2.05, 4.69) is 27.9 Å². The Bertz CT molecular complexity index is 1460. The monoisotopic (exact) mass is 595 g/mol. The first kappa shape index (κ1) is 24.2. The van der Waals surface area contributed by atoms with Crippen molar-refractivity contribution in [1.82, 2.24) is 5.32 Å². The topological polar surface area (TPSA) is 64.6 Å². The molecule has 0 fully saturated rings. The van der Waals surface area contributed by atoms with Crippen LogP contribution in [0.1, 0.15) is 46.8 Å². The van der Waals surface area contributed by atoms with Crippen molar-refractivity contribution < 1.29 is 23.5 Å². The van der Waals surface area contributed by atoms with Crippen molar-refractivity contribution in [2.45, 2.75) is 26.4 Å². The number of halogens is 2. The fourth-order valence-corrected chi connectivity index (χ4v) is 5.42. The molecule has 1 atom stereocenters. The number of Topliss-reactive ketones (excluding diaryl/α,β-unsaturated/α-hetero) is 1. The second kappa shape index (κ2) is 9.89. The summed E-state index contributed by atoms with van der Waals surface area (Å²) in [5.74, 6) is -0.906. The number of ketones is 1. The molecule has 0 aromatic heterocycles. The first-order valence-electron chi connectivity index (χ1n) is 11.6. The first-order chi connectivity index (χ1) is 17.4. The summed E-state index contributed by atoms with van der Waals surface area (Å²) in [7, 11) is 0. The normalized spacial score (nSPS) is 16.4. The molecule has 0 saturated carbocycles. The lowest BCUT2D eigenvalue weighted by atomic mass is 9.80. The molecule has 1 aliphatic carbocycles. The summed E-state index contributed by atoms with van der Waals surface area (Å²) in [6.45, 7) is 3.89. The van der Waals surface area contributed by atoms with Crippen LogP contribution in [-0.4, -0.2) is 18.4 Å². The Morgan fingerprint density at radius 1 is 1.06 bits per heavy atom. The molecular formula is C29H23FINO4. The number of allylic oxidation sites excluding steroid dienone is 2. The Hall–Kier alpha value is -3.46. The molecule has 1 N–H and O–H groups in total. The second-order valence-electron chi connectivity index (χ2n) is 8.55. The van der Waals surface area contributed by atoms with Crippen molar-refractivity contribution in [3.8, 4) is 5.75 Å². The van der Waals surface area contributed by atoms with Crippen LogP contribution >= 0.6 is 22.6 Å². The van der Waals surface area contributed by atoms with Crippen LogP contribution < -0.4 is 10.1 Å². The van der Waals surface area contributed by atoms with Gasteiger partial charge in [0.05, 0.1) is 21.4 Å². The number of carbonyl (C=O) groups excluding carboxylic acids is 2. The molecule has 1 heterocycles. The Morgan fingerprint density at radius 3 is 2.50 bits per heavy atom. The van der Waals surface area contributed by atoms with Crippen LogP contribution in [0.15, 0.2) is 83.6 Å². The standard InChI is InChI=1S/C29H23FINO4/c1-3-35-29(34)24-16(2)32-27-19-9-5-6-10-20(19)28(33)26(27)25(24)17-12-13-23(22(31)14-17)36-15-18-8-4-7-11-21(18)30/h4-14,25,32H,3,15H2,1-2H3/t25-/m0/s1. The molecule has 0 saturated heterocycles. The zero-order valence-electron chi connectivity index (χ0n) is 19.7. The van der Waals surface area contributed by atoms with Gasteiger partial charge >= 0.3 is 5.97 Å². The van der Waals surface area contributed by atoms with E-state index in [1.165, 1.54) is 6.07 Å². The first-order valence-corrected chi connectivity index (χ1v) is 12.7. The van der Waals surface area contributed by atoms with Gasteiger partial charge in [0.25, 0.3) is 0 Å². The summed E-state index contributed by atoms with van der Waals surface area (Å²) < 4.78 is 26.1. The lowest BCUT2D eigenvalue weighted by Crippen LogP contribution is -2.29. The smallest absolute Gasteiger partial charge is 0.336 e. The second-order valence-corrected chi connectivity index (χ2v) is 9.71. The lowest BCUT2D eigenvalue weighted by molar-refractivity contribution is -0.138. The van der Waals surface area contributed by atoms with Crippen LogP contribution in [0.4, 0.5) is 4.39 Å². The van der Waals surface area contributed by atoms with E-state index in [1.807, 2.05) is 37.3 Å². The molecule has 1 aliphatic heterocycles. The van der Waals surface area contributed by atoms with Crippen molar-refractivity contribution in [2.24, 2.45) is 0 Å². The highest BCUT2D eigenvalue weighted by atomic mass is 127. The SMILES string of the molecule is CCOC(=O)C1=C(C)NC2=C(C(=O)c3ccccc32)[C@H]1c1ccc(OCc2ccccc2F)c(I)c1. The molecule has 7 heteroatoms. The average molecular weight is 595 g/mol. The minimum atomic E-state index is -0.602. The number of fused-ring (bicyclic) bond motifs is 2. The predicted molar refractivity (Wildman–Crippen MR) is 143 cm³/mol. The number of rotatable bonds is 6. The largest absolute Gasteiger partial charge is 0.488 e. The van der Waals surface area contributed by atoms with Gasteiger partial charge in [0.2, 0.25) is 0 Å². The van der Waals surface area contributed by atoms with Gasteiger partial charge in [0.15, 0.2) is 5.78 Å². The lowest BCUT2D eigenvalue weighted by Gasteiger charge is -2.29. The van der Waals surface area contributed by atoms with E-state index < -0.39 is 11.9 Å². The fraction of sp³-hybridized carbons (Fsp3) is 0.172. The van der Waals surface area contributed by atoms with Gasteiger partial charge in [0, 0.05) is 33.9 Å². The third-order valence-corrected chi connectivity index (χ3v) is 7.22. The highest BCUT2D eigenvalue weighted by Gasteiger charge is 2.43. The summed E-state index contributed by atoms with van der Waals surface area (Å²) in [4.78, 5) is 26.6. The molecule has 0 bridgehead atoms. The van der Waals surface area contributed by atoms with Crippen molar-refractivity contribution >= 4 is 40.0 Å². The van der Waals surface area contributed by atoms with E-state index in [9.17, 15) is 14.0 Å². The van der Waals surface area contributed by atoms with E-state index in [-0.39, 0.29) is 24.8 Å². The Labute approximate surface area is 222 Å². The van der Waals surface area contributed by atoms with E-state index >= 15 is 0 Å². The summed E-state index contributed by atoms with van der Waals surface area (Å²) in [5, 5.41) is 3.30. The molecule has 36 heavy (non-hydrogen) atoms. The molecule has 3 aromatic rings. The molecule has 0 unspecified atom stereocenters. The fourth-order valence-electron chi connectivity index (χ4n) is 4.73. The zero-order chi connectivity index (χ0) is 25.4. The van der Waals surface area contributed by atoms with E-state index in [0.717, 1.165) is 20.4 Å². The highest BCUT2D eigenvalue weighted by Crippen LogP contribution is 2.47. The van der Waals surface area contributed by atoms with E-state index in [0.29, 0.717) is 33.7 Å². The van der Waals surface area contributed by atoms with Crippen LogP contribution in [0.2, 0.25) is 0 Å². The van der Waals surface area contributed by atoms with Gasteiger partial charge in [-0.05, 0) is 60.2 Å². The number of nitrogens with one attached hydrogen (secondary N) is 1. The van der Waals surface area contributed by atoms with Crippen molar-refractivity contribution in [3.05, 3.63) is 115 Å². The molecule has 0 radical (unpaired) electrons. The van der Waals surface area contributed by atoms with Crippen LogP contribution in [-0.2, 0) is 16.1 Å². The van der Waals surface area contributed by atoms with Gasteiger partial charge in [-0.15, -0.1) is 0 Å². The van der Waals surface area contributed by atoms with Crippen LogP contribution in [0.3, 0.4) is 0 Å². The minimum Gasteiger partial charge on any atom is -0.488 e. The van der Waals surface area contributed by atoms with E-state index in [1.54, 1.807) is 37.3 Å². The molecule has 0 spiro atoms. The number of hydrogen-bond acceptors (Lipinski definition) is 5. The zero-order valence-corrected chi connectivity index (χ0v) is 21.9. The number of hydrogen-bond donors (Lipinski definition) is 1. The van der Waals surface area contributed by atoms with Crippen LogP contribution in [0, 0.1) is 9.39 Å². The van der Waals surface area contributed by atoms with Gasteiger partial charge in [-0.25, -0.2) is 9.18 Å². The Kier molecular flexibility index (Phi) is 6.66. The summed E-state index contributed by atoms with van der Waals surface area (Å²) in [6.07, 6.45) is 0. The minimum absolute atomic E-state index is 0.0888. The predicted octanol–water partition coefficient (Wildman–Crippen LogP) is 6.14. The summed E-state index contributed by atoms with van der Waals surface area (Å²) in [6, 6.07) is 19.5. The van der Waals surface area contributed by atoms with Gasteiger partial charge < -0.3 is 14.8 Å². The summed E-state index contributed by atoms with van der Waals surface area (Å²) in [5.41, 5.74) is 4.98. The molecule has 0 amide bonds. The maximum atomic E-state index is 14.0. The highest BCUT2D eigenvalue weighted by molar-refractivity contribution is 14.1. The number of dihydropyridines is 1. The average Bonchev–Trinajstić information content (AvgIpc) is 3.15. The number of esters is 1. The number of ether oxygens (including phenoxy) is 2. The van der Waals surface area contributed by atoms with Crippen molar-refractivity contribution in [2.75, 3.05) is 6.61 Å². The molecule has 182 valence electrons. The summed E-state index contributed by atoms with van der Waals surface area (Å²) >= 11 is 2.16. The number of benzene rings is 3. The Morgan fingerprint density at radius 2 is 1.78 bits per heavy atom. The van der Waals surface area contributed by atoms with Gasteiger partial charge in [-0.2, -0.15) is 0 Å². The quantitative estimate of drug-likeness (QED) is 0.274. The van der Waals surface area contributed by atoms with Crippen molar-refractivity contribution in [1.29, 1.82) is 0 Å². The number of carbonyl (C=O) groups is 2. The van der Waals surface area contributed by atoms with Gasteiger partial charge in [0.1, 0.15) is 18.2 Å². The molecule has 5 rings (SSSR count). The molecule has 5 nitrogen and oxygen atoms in total. The molecular weight excluding hydrogens is 572 g/mol. The maximum Gasteiger partial charge on any atom is 0.336 e. The molecule has 3 aromatic carbocycles. The van der Waals surface area contributed by atoms with Crippen molar-refractivity contribution in [3.63, 3.8) is 0 Å². The van der Waals surface area contributed by atoms with Gasteiger partial charge in [-0.3, -0.25) is 4.79 Å². The van der Waals surface area contributed by atoms with Crippen LogP contribution in [0.25, 0.3) is 5.70 Å². The third-order valence-electron chi connectivity index (χ3n) is 6.37.